The first-order valence-corrected chi connectivity index (χ1v) is 39.9. The number of aromatic nitrogens is 14. The van der Waals surface area contributed by atoms with Gasteiger partial charge in [0.2, 0.25) is 0 Å². The van der Waals surface area contributed by atoms with Gasteiger partial charge in [-0.05, 0) is 127 Å². The molecule has 123 heavy (non-hydrogen) atoms. The number of aryl methyl sites for hydroxylation is 1. The molecular formula is C105H64F3N15. The Labute approximate surface area is 703 Å². The zero-order chi connectivity index (χ0) is 82.7. The van der Waals surface area contributed by atoms with Crippen molar-refractivity contribution in [1.82, 2.24) is 68.9 Å². The molecule has 0 fully saturated rings. The van der Waals surface area contributed by atoms with Gasteiger partial charge in [0.15, 0.2) is 69.9 Å². The molecule has 0 radical (unpaired) electrons. The van der Waals surface area contributed by atoms with E-state index in [1.54, 1.807) is 19.1 Å². The predicted molar refractivity (Wildman–Crippen MR) is 479 cm³/mol. The SMILES string of the molecule is Cc1cc(-c2ccc(-c3ccc(C#N)cc3-n3c4ccc(-c5nc(-c6ccccc6)nc(-c6ccccc6)n5)cc4c4cc(-c5nc(-c6ccccc6)nc(-c6ccccc6)n5)ccc43)c(-n3c4ccc(-c5nc(-c6ccccc6)nc(-c6ccccc6)n5)cc4c4cc(-c5nc(-c6ccccc6)nc(-c6ccccc6)n5)ccc43)c2)cc(C(F)(F)F)c1. The summed E-state index contributed by atoms with van der Waals surface area (Å²) in [7, 11) is 0. The molecule has 0 aliphatic carbocycles. The maximum Gasteiger partial charge on any atom is 0.416 e. The molecule has 6 heterocycles. The van der Waals surface area contributed by atoms with Crippen LogP contribution in [0.5, 0.6) is 0 Å². The van der Waals surface area contributed by atoms with Crippen molar-refractivity contribution >= 4 is 43.6 Å². The van der Waals surface area contributed by atoms with Crippen molar-refractivity contribution in [2.24, 2.45) is 0 Å². The van der Waals surface area contributed by atoms with E-state index in [-0.39, 0.29) is 0 Å². The van der Waals surface area contributed by atoms with E-state index < -0.39 is 11.7 Å². The molecule has 21 aromatic rings. The van der Waals surface area contributed by atoms with Crippen LogP contribution in [0, 0.1) is 18.3 Å². The first-order chi connectivity index (χ1) is 60.4. The number of hydrogen-bond donors (Lipinski definition) is 0. The van der Waals surface area contributed by atoms with Gasteiger partial charge in [0.25, 0.3) is 0 Å². The zero-order valence-electron chi connectivity index (χ0n) is 65.6. The van der Waals surface area contributed by atoms with Gasteiger partial charge in [-0.2, -0.15) is 18.4 Å². The summed E-state index contributed by atoms with van der Waals surface area (Å²) in [5.74, 6) is 5.57. The normalized spacial score (nSPS) is 11.6. The van der Waals surface area contributed by atoms with Crippen LogP contribution in [-0.2, 0) is 6.18 Å². The Balaban J connectivity index is 0.832. The first kappa shape index (κ1) is 73.8. The van der Waals surface area contributed by atoms with E-state index in [1.807, 2.05) is 309 Å². The van der Waals surface area contributed by atoms with Crippen LogP contribution in [0.25, 0.3) is 214 Å². The highest BCUT2D eigenvalue weighted by Gasteiger charge is 2.32. The Morgan fingerprint density at radius 2 is 0.463 bits per heavy atom. The average molecular weight is 1590 g/mol. The molecule has 18 heteroatoms. The van der Waals surface area contributed by atoms with Crippen molar-refractivity contribution in [2.75, 3.05) is 0 Å². The second-order valence-corrected chi connectivity index (χ2v) is 29.9. The van der Waals surface area contributed by atoms with Gasteiger partial charge in [0, 0.05) is 99.4 Å². The lowest BCUT2D eigenvalue weighted by molar-refractivity contribution is -0.137. The van der Waals surface area contributed by atoms with E-state index in [2.05, 4.69) is 51.6 Å². The molecule has 21 rings (SSSR count). The van der Waals surface area contributed by atoms with Gasteiger partial charge in [-0.25, -0.2) is 59.8 Å². The fourth-order valence-electron chi connectivity index (χ4n) is 16.1. The van der Waals surface area contributed by atoms with Crippen LogP contribution in [0.4, 0.5) is 13.2 Å². The molecule has 0 spiro atoms. The molecular weight excluding hydrogens is 1530 g/mol. The molecule has 0 aliphatic rings. The number of fused-ring (bicyclic) bond motifs is 6. The quantitative estimate of drug-likeness (QED) is 0.0889. The van der Waals surface area contributed by atoms with E-state index in [0.29, 0.717) is 137 Å². The Morgan fingerprint density at radius 1 is 0.228 bits per heavy atom. The van der Waals surface area contributed by atoms with Crippen LogP contribution in [0.1, 0.15) is 16.7 Å². The van der Waals surface area contributed by atoms with Gasteiger partial charge >= 0.3 is 6.18 Å². The summed E-state index contributed by atoms with van der Waals surface area (Å²) >= 11 is 0. The van der Waals surface area contributed by atoms with E-state index in [0.717, 1.165) is 88.1 Å². The lowest BCUT2D eigenvalue weighted by atomic mass is 9.94. The molecule has 0 atom stereocenters. The molecule has 0 saturated heterocycles. The third-order valence-corrected chi connectivity index (χ3v) is 22.0. The second kappa shape index (κ2) is 30.9. The van der Waals surface area contributed by atoms with Crippen LogP contribution in [0.2, 0.25) is 0 Å². The van der Waals surface area contributed by atoms with Crippen LogP contribution in [0.3, 0.4) is 0 Å². The number of hydrogen-bond acceptors (Lipinski definition) is 13. The summed E-state index contributed by atoms with van der Waals surface area (Å²) in [6.07, 6.45) is -4.67. The molecule has 0 unspecified atom stereocenters. The highest BCUT2D eigenvalue weighted by molar-refractivity contribution is 6.14. The zero-order valence-corrected chi connectivity index (χ0v) is 65.6. The highest BCUT2D eigenvalue weighted by Crippen LogP contribution is 2.47. The van der Waals surface area contributed by atoms with Crippen LogP contribution in [-0.4, -0.2) is 68.9 Å². The first-order valence-electron chi connectivity index (χ1n) is 39.9. The predicted octanol–water partition coefficient (Wildman–Crippen LogP) is 25.2. The van der Waals surface area contributed by atoms with Gasteiger partial charge in [-0.3, -0.25) is 0 Å². The maximum atomic E-state index is 15.3. The van der Waals surface area contributed by atoms with Crippen molar-refractivity contribution in [3.05, 3.63) is 387 Å². The third kappa shape index (κ3) is 14.2. The standard InChI is InChI=1S/C105H64F3N15/c1-64-54-79(57-80(55-64)105(106,107)108)74-43-49-82(92(62-74)123-89-52-46-77(103-118-97(70-34-18-6-19-35-70)112-98(119-103)71-36-20-7-21-37-71)60-85(89)86-61-78(47-53-90(86)123)104-120-99(72-38-22-8-23-39-72)113-100(121-104)73-40-24-9-25-41-73)81-48-42-65(63-109)56-91(81)122-87-50-44-75(101-114-93(66-26-10-2-11-27-66)110-94(115-101)67-28-12-3-13-29-67)58-83(87)84-59-76(45-51-88(84)122)102-116-95(68-30-14-4-15-31-68)111-96(117-102)69-32-16-5-17-33-69/h2-62H,1H3. The highest BCUT2D eigenvalue weighted by atomic mass is 19.4. The minimum Gasteiger partial charge on any atom is -0.309 e. The number of alkyl halides is 3. The van der Waals surface area contributed by atoms with E-state index in [4.69, 9.17) is 59.8 Å². The summed E-state index contributed by atoms with van der Waals surface area (Å²) in [6.45, 7) is 1.68. The number of halogens is 3. The minimum absolute atomic E-state index is 0.348. The molecule has 6 aromatic heterocycles. The number of rotatable bonds is 16. The Morgan fingerprint density at radius 3 is 0.715 bits per heavy atom. The van der Waals surface area contributed by atoms with Crippen LogP contribution >= 0.6 is 0 Å². The smallest absolute Gasteiger partial charge is 0.309 e. The average Bonchev–Trinajstić information content (AvgIpc) is 1.58. The third-order valence-electron chi connectivity index (χ3n) is 22.0. The number of nitrogens with zero attached hydrogens (tertiary/aromatic N) is 15. The Hall–Kier alpha value is -16.8. The lowest BCUT2D eigenvalue weighted by Gasteiger charge is -2.20. The summed E-state index contributed by atoms with van der Waals surface area (Å²) in [5.41, 5.74) is 15.5. The van der Waals surface area contributed by atoms with E-state index in [9.17, 15) is 5.26 Å². The largest absolute Gasteiger partial charge is 0.416 e. The Kier molecular flexibility index (Phi) is 18.6. The molecule has 0 saturated carbocycles. The van der Waals surface area contributed by atoms with Gasteiger partial charge in [0.1, 0.15) is 0 Å². The summed E-state index contributed by atoms with van der Waals surface area (Å²) in [4.78, 5) is 62.1. The number of benzene rings is 15. The topological polar surface area (TPSA) is 188 Å². The van der Waals surface area contributed by atoms with Gasteiger partial charge < -0.3 is 9.13 Å². The van der Waals surface area contributed by atoms with Crippen LogP contribution < -0.4 is 0 Å². The lowest BCUT2D eigenvalue weighted by Crippen LogP contribution is -2.06. The second-order valence-electron chi connectivity index (χ2n) is 29.9. The molecule has 15 nitrogen and oxygen atoms in total. The van der Waals surface area contributed by atoms with Crippen molar-refractivity contribution < 1.29 is 13.2 Å². The van der Waals surface area contributed by atoms with Crippen molar-refractivity contribution in [3.63, 3.8) is 0 Å². The molecule has 0 bridgehead atoms. The van der Waals surface area contributed by atoms with Gasteiger partial charge in [0.05, 0.1) is 50.6 Å². The van der Waals surface area contributed by atoms with E-state index >= 15 is 13.2 Å². The Bertz CT molecular complexity index is 7130. The maximum absolute atomic E-state index is 15.3. The molecule has 0 aliphatic heterocycles. The molecule has 580 valence electrons. The fraction of sp³-hybridized carbons (Fsp3) is 0.0190. The fourth-order valence-corrected chi connectivity index (χ4v) is 16.1. The van der Waals surface area contributed by atoms with E-state index in [1.165, 1.54) is 12.1 Å². The summed E-state index contributed by atoms with van der Waals surface area (Å²) in [6, 6.07) is 121. The monoisotopic (exact) mass is 1590 g/mol. The molecule has 15 aromatic carbocycles. The number of nitriles is 1. The van der Waals surface area contributed by atoms with Crippen LogP contribution in [0.15, 0.2) is 370 Å². The van der Waals surface area contributed by atoms with Crippen molar-refractivity contribution in [3.8, 4) is 176 Å². The molecule has 0 amide bonds. The van der Waals surface area contributed by atoms with Gasteiger partial charge in [-0.15, -0.1) is 0 Å². The summed E-state index contributed by atoms with van der Waals surface area (Å²) in [5, 5.41) is 14.4. The molecule has 0 N–H and O–H groups in total. The van der Waals surface area contributed by atoms with Gasteiger partial charge in [-0.1, -0.05) is 267 Å². The van der Waals surface area contributed by atoms with Crippen molar-refractivity contribution in [2.45, 2.75) is 13.1 Å². The van der Waals surface area contributed by atoms with Crippen molar-refractivity contribution in [1.29, 1.82) is 5.26 Å². The summed E-state index contributed by atoms with van der Waals surface area (Å²) < 4.78 is 50.2. The minimum atomic E-state index is -4.67.